The van der Waals surface area contributed by atoms with Crippen molar-refractivity contribution in [2.24, 2.45) is 0 Å². The summed E-state index contributed by atoms with van der Waals surface area (Å²) in [7, 11) is 0.728. The van der Waals surface area contributed by atoms with Crippen LogP contribution in [0.5, 0.6) is 0 Å². The van der Waals surface area contributed by atoms with E-state index in [1.54, 1.807) is 0 Å². The third kappa shape index (κ3) is 2.58. The zero-order valence-corrected chi connectivity index (χ0v) is 10.7. The molecule has 0 amide bonds. The fourth-order valence-electron chi connectivity index (χ4n) is 1.35. The lowest BCUT2D eigenvalue weighted by atomic mass is 10.1. The molecule has 0 saturated carbocycles. The maximum absolute atomic E-state index is 13.8. The monoisotopic (exact) mass is 324 g/mol. The van der Waals surface area contributed by atoms with Gasteiger partial charge in [-0.25, -0.2) is 17.9 Å². The summed E-state index contributed by atoms with van der Waals surface area (Å²) in [5, 5.41) is 15.0. The van der Waals surface area contributed by atoms with E-state index >= 15 is 0 Å². The number of H-pyrrole nitrogens is 1. The van der Waals surface area contributed by atoms with Crippen LogP contribution in [-0.4, -0.2) is 28.5 Å². The third-order valence-corrected chi connectivity index (χ3v) is 3.23. The van der Waals surface area contributed by atoms with Crippen molar-refractivity contribution in [2.75, 3.05) is 0 Å². The second-order valence-electron chi connectivity index (χ2n) is 3.45. The van der Waals surface area contributed by atoms with E-state index in [0.29, 0.717) is 12.1 Å². The molecular weight excluding hydrogens is 322 g/mol. The number of hydrogen-bond acceptors (Lipinski definition) is 6. The maximum Gasteiger partial charge on any atom is 0.308 e. The van der Waals surface area contributed by atoms with Crippen molar-refractivity contribution in [1.82, 2.24) is 15.2 Å². The van der Waals surface area contributed by atoms with Crippen LogP contribution in [0.4, 0.5) is 14.5 Å². The minimum atomic E-state index is -4.25. The van der Waals surface area contributed by atoms with Gasteiger partial charge in [-0.2, -0.15) is 14.5 Å². The molecule has 2 aromatic rings. The summed E-state index contributed by atoms with van der Waals surface area (Å²) < 4.78 is 48.9. The van der Waals surface area contributed by atoms with Crippen LogP contribution in [0.2, 0.25) is 0 Å². The Balaban J connectivity index is 2.64. The van der Waals surface area contributed by atoms with E-state index in [4.69, 9.17) is 10.7 Å². The molecule has 0 saturated heterocycles. The number of rotatable bonds is 3. The van der Waals surface area contributed by atoms with Crippen LogP contribution >= 0.6 is 10.7 Å². The first kappa shape index (κ1) is 14.3. The Morgan fingerprint density at radius 2 is 2.00 bits per heavy atom. The first-order valence-corrected chi connectivity index (χ1v) is 7.02. The van der Waals surface area contributed by atoms with Crippen molar-refractivity contribution in [3.8, 4) is 11.4 Å². The molecule has 0 bridgehead atoms. The van der Waals surface area contributed by atoms with Crippen LogP contribution in [0.15, 0.2) is 17.3 Å². The summed E-state index contributed by atoms with van der Waals surface area (Å²) in [5.41, 5.74) is -1.79. The minimum absolute atomic E-state index is 0.380. The fourth-order valence-corrected chi connectivity index (χ4v) is 1.90. The Labute approximate surface area is 114 Å². The predicted octanol–water partition coefficient (Wildman–Crippen LogP) is 1.59. The number of nitro groups is 1. The molecular formula is C8H3ClF2N4O4S. The Kier molecular flexibility index (Phi) is 3.39. The van der Waals surface area contributed by atoms with Gasteiger partial charge in [0.25, 0.3) is 14.2 Å². The standard InChI is InChI=1S/C8H3ClF2N4O4S/c9-20(18,19)8-12-7(13-14-8)4-1-3(10)2-5(6(4)11)15(16)17/h1-2H,(H,12,13,14). The Morgan fingerprint density at radius 1 is 1.35 bits per heavy atom. The van der Waals surface area contributed by atoms with E-state index in [9.17, 15) is 27.3 Å². The first-order chi connectivity index (χ1) is 9.20. The second-order valence-corrected chi connectivity index (χ2v) is 5.93. The predicted molar refractivity (Wildman–Crippen MR) is 61.4 cm³/mol. The SMILES string of the molecule is O=[N+]([O-])c1cc(F)cc(-c2n[nH]c(S(=O)(=O)Cl)n2)c1F. The lowest BCUT2D eigenvalue weighted by Gasteiger charge is -2.00. The Bertz CT molecular complexity index is 807. The second kappa shape index (κ2) is 4.76. The number of aromatic amines is 1. The van der Waals surface area contributed by atoms with Gasteiger partial charge < -0.3 is 0 Å². The largest absolute Gasteiger partial charge is 0.308 e. The van der Waals surface area contributed by atoms with Crippen molar-refractivity contribution in [1.29, 1.82) is 0 Å². The van der Waals surface area contributed by atoms with Gasteiger partial charge in [0, 0.05) is 10.7 Å². The number of nitrogens with one attached hydrogen (secondary N) is 1. The summed E-state index contributed by atoms with van der Waals surface area (Å²) in [5.74, 6) is -3.08. The molecule has 1 heterocycles. The summed E-state index contributed by atoms with van der Waals surface area (Å²) in [6, 6.07) is 0.973. The first-order valence-electron chi connectivity index (χ1n) is 4.71. The molecule has 1 N–H and O–H groups in total. The highest BCUT2D eigenvalue weighted by Gasteiger charge is 2.25. The van der Waals surface area contributed by atoms with Crippen LogP contribution in [0, 0.1) is 21.7 Å². The molecule has 0 fully saturated rings. The van der Waals surface area contributed by atoms with E-state index in [-0.39, 0.29) is 0 Å². The number of nitrogens with zero attached hydrogens (tertiary/aromatic N) is 3. The average molecular weight is 325 g/mol. The topological polar surface area (TPSA) is 119 Å². The molecule has 0 radical (unpaired) electrons. The van der Waals surface area contributed by atoms with Gasteiger partial charge in [-0.1, -0.05) is 0 Å². The molecule has 0 aliphatic carbocycles. The van der Waals surface area contributed by atoms with Crippen LogP contribution in [-0.2, 0) is 9.05 Å². The van der Waals surface area contributed by atoms with Gasteiger partial charge in [0.1, 0.15) is 5.82 Å². The molecule has 0 aliphatic heterocycles. The fraction of sp³-hybridized carbons (Fsp3) is 0. The molecule has 0 atom stereocenters. The molecule has 1 aromatic carbocycles. The van der Waals surface area contributed by atoms with Gasteiger partial charge >= 0.3 is 5.69 Å². The molecule has 20 heavy (non-hydrogen) atoms. The molecule has 2 rings (SSSR count). The van der Waals surface area contributed by atoms with E-state index in [2.05, 4.69) is 10.1 Å². The van der Waals surface area contributed by atoms with Crippen molar-refractivity contribution < 1.29 is 22.1 Å². The number of hydrogen-bond donors (Lipinski definition) is 1. The van der Waals surface area contributed by atoms with Gasteiger partial charge in [-0.3, -0.25) is 10.1 Å². The van der Waals surface area contributed by atoms with E-state index in [1.165, 1.54) is 0 Å². The van der Waals surface area contributed by atoms with Gasteiger partial charge in [0.2, 0.25) is 5.82 Å². The van der Waals surface area contributed by atoms with E-state index in [1.807, 2.05) is 5.10 Å². The van der Waals surface area contributed by atoms with Gasteiger partial charge in [-0.15, -0.1) is 0 Å². The van der Waals surface area contributed by atoms with Crippen molar-refractivity contribution in [3.63, 3.8) is 0 Å². The summed E-state index contributed by atoms with van der Waals surface area (Å²) >= 11 is 0. The third-order valence-electron chi connectivity index (χ3n) is 2.15. The van der Waals surface area contributed by atoms with Gasteiger partial charge in [0.05, 0.1) is 16.6 Å². The lowest BCUT2D eigenvalue weighted by Crippen LogP contribution is -1.98. The molecule has 0 spiro atoms. The quantitative estimate of drug-likeness (QED) is 0.520. The van der Waals surface area contributed by atoms with E-state index in [0.717, 1.165) is 0 Å². The van der Waals surface area contributed by atoms with Crippen LogP contribution in [0.1, 0.15) is 0 Å². The minimum Gasteiger partial charge on any atom is -0.258 e. The van der Waals surface area contributed by atoms with Crippen molar-refractivity contribution >= 4 is 25.4 Å². The zero-order chi connectivity index (χ0) is 15.1. The average Bonchev–Trinajstić information content (AvgIpc) is 2.80. The molecule has 106 valence electrons. The van der Waals surface area contributed by atoms with Crippen LogP contribution in [0.25, 0.3) is 11.4 Å². The van der Waals surface area contributed by atoms with Crippen LogP contribution < -0.4 is 0 Å². The molecule has 8 nitrogen and oxygen atoms in total. The zero-order valence-electron chi connectivity index (χ0n) is 9.17. The highest BCUT2D eigenvalue weighted by molar-refractivity contribution is 8.13. The number of aromatic nitrogens is 3. The summed E-state index contributed by atoms with van der Waals surface area (Å²) in [4.78, 5) is 12.8. The van der Waals surface area contributed by atoms with E-state index < -0.39 is 47.8 Å². The lowest BCUT2D eigenvalue weighted by molar-refractivity contribution is -0.387. The summed E-state index contributed by atoms with van der Waals surface area (Å²) in [6.45, 7) is 0. The van der Waals surface area contributed by atoms with Gasteiger partial charge in [-0.05, 0) is 6.07 Å². The molecule has 1 aromatic heterocycles. The number of nitro benzene ring substituents is 1. The smallest absolute Gasteiger partial charge is 0.258 e. The van der Waals surface area contributed by atoms with Crippen LogP contribution in [0.3, 0.4) is 0 Å². The van der Waals surface area contributed by atoms with Crippen molar-refractivity contribution in [3.05, 3.63) is 33.9 Å². The van der Waals surface area contributed by atoms with Gasteiger partial charge in [0.15, 0.2) is 5.82 Å². The number of benzene rings is 1. The normalized spacial score (nSPS) is 11.6. The highest BCUT2D eigenvalue weighted by atomic mass is 35.7. The van der Waals surface area contributed by atoms with Crippen molar-refractivity contribution in [2.45, 2.75) is 5.16 Å². The maximum atomic E-state index is 13.8. The highest BCUT2D eigenvalue weighted by Crippen LogP contribution is 2.28. The molecule has 0 aliphatic rings. The molecule has 0 unspecified atom stereocenters. The Hall–Kier alpha value is -2.14. The molecule has 12 heteroatoms. The number of halogens is 3. The Morgan fingerprint density at radius 3 is 2.50 bits per heavy atom. The summed E-state index contributed by atoms with van der Waals surface area (Å²) in [6.07, 6.45) is 0.